The Labute approximate surface area is 166 Å². The first-order chi connectivity index (χ1) is 13.5. The lowest BCUT2D eigenvalue weighted by Crippen LogP contribution is -2.35. The van der Waals surface area contributed by atoms with Crippen molar-refractivity contribution in [1.29, 1.82) is 0 Å². The van der Waals surface area contributed by atoms with Crippen molar-refractivity contribution in [2.45, 2.75) is 39.0 Å². The number of aliphatic imine (C=N–C) groups is 1. The van der Waals surface area contributed by atoms with Gasteiger partial charge in [-0.05, 0) is 52.9 Å². The van der Waals surface area contributed by atoms with Crippen LogP contribution < -0.4 is 10.6 Å². The SMILES string of the molecule is Cc1nc(N/C(=N/C(=O)C2CCCC2)NCCCN(C)C)nc2ccccc12. The van der Waals surface area contributed by atoms with Gasteiger partial charge >= 0.3 is 0 Å². The molecule has 0 unspecified atom stereocenters. The Kier molecular flexibility index (Phi) is 6.92. The fourth-order valence-corrected chi connectivity index (χ4v) is 3.49. The smallest absolute Gasteiger partial charge is 0.251 e. The molecule has 1 saturated carbocycles. The predicted molar refractivity (Wildman–Crippen MR) is 113 cm³/mol. The van der Waals surface area contributed by atoms with Crippen LogP contribution in [0.4, 0.5) is 5.95 Å². The fourth-order valence-electron chi connectivity index (χ4n) is 3.49. The predicted octanol–water partition coefficient (Wildman–Crippen LogP) is 2.96. The molecule has 0 atom stereocenters. The van der Waals surface area contributed by atoms with Crippen LogP contribution in [0.5, 0.6) is 0 Å². The van der Waals surface area contributed by atoms with Crippen LogP contribution in [0.25, 0.3) is 10.9 Å². The van der Waals surface area contributed by atoms with E-state index in [1.807, 2.05) is 45.3 Å². The van der Waals surface area contributed by atoms with E-state index in [0.29, 0.717) is 18.5 Å². The van der Waals surface area contributed by atoms with Crippen LogP contribution in [0.3, 0.4) is 0 Å². The van der Waals surface area contributed by atoms with Gasteiger partial charge in [0.15, 0.2) is 0 Å². The van der Waals surface area contributed by atoms with E-state index in [0.717, 1.165) is 55.2 Å². The number of guanidine groups is 1. The number of carbonyl (C=O) groups excluding carboxylic acids is 1. The van der Waals surface area contributed by atoms with Crippen molar-refractivity contribution in [3.05, 3.63) is 30.0 Å². The van der Waals surface area contributed by atoms with Crippen molar-refractivity contribution in [2.75, 3.05) is 32.5 Å². The van der Waals surface area contributed by atoms with Crippen LogP contribution in [0, 0.1) is 12.8 Å². The summed E-state index contributed by atoms with van der Waals surface area (Å²) < 4.78 is 0. The van der Waals surface area contributed by atoms with Crippen LogP contribution in [0.15, 0.2) is 29.3 Å². The summed E-state index contributed by atoms with van der Waals surface area (Å²) in [6.45, 7) is 3.64. The lowest BCUT2D eigenvalue weighted by atomic mass is 10.1. The monoisotopic (exact) mass is 382 g/mol. The molecule has 3 rings (SSSR count). The molecule has 2 N–H and O–H groups in total. The van der Waals surface area contributed by atoms with Crippen molar-refractivity contribution in [1.82, 2.24) is 20.2 Å². The highest BCUT2D eigenvalue weighted by molar-refractivity contribution is 6.01. The minimum Gasteiger partial charge on any atom is -0.356 e. The number of rotatable bonds is 6. The number of benzene rings is 1. The van der Waals surface area contributed by atoms with Crippen molar-refractivity contribution >= 4 is 28.7 Å². The number of amides is 1. The Morgan fingerprint density at radius 2 is 1.96 bits per heavy atom. The highest BCUT2D eigenvalue weighted by Gasteiger charge is 2.23. The van der Waals surface area contributed by atoms with E-state index in [1.165, 1.54) is 0 Å². The lowest BCUT2D eigenvalue weighted by molar-refractivity contribution is -0.121. The zero-order chi connectivity index (χ0) is 19.9. The summed E-state index contributed by atoms with van der Waals surface area (Å²) in [5, 5.41) is 7.41. The Morgan fingerprint density at radius 1 is 1.21 bits per heavy atom. The standard InChI is InChI=1S/C21H30N6O/c1-15-17-11-6-7-12-18(17)24-21(23-15)26-20(22-13-8-14-27(2)3)25-19(28)16-9-4-5-10-16/h6-7,11-12,16H,4-5,8-10,13-14H2,1-3H3,(H2,22,23,24,25,26,28). The summed E-state index contributed by atoms with van der Waals surface area (Å²) in [6, 6.07) is 7.90. The summed E-state index contributed by atoms with van der Waals surface area (Å²) in [6.07, 6.45) is 5.03. The first-order valence-corrected chi connectivity index (χ1v) is 10.0. The second kappa shape index (κ2) is 9.59. The minimum absolute atomic E-state index is 0.0413. The number of aromatic nitrogens is 2. The average Bonchev–Trinajstić information content (AvgIpc) is 3.20. The van der Waals surface area contributed by atoms with E-state index in [9.17, 15) is 4.79 Å². The van der Waals surface area contributed by atoms with Gasteiger partial charge in [0.1, 0.15) is 0 Å². The Balaban J connectivity index is 1.76. The van der Waals surface area contributed by atoms with E-state index in [-0.39, 0.29) is 11.8 Å². The van der Waals surface area contributed by atoms with Crippen molar-refractivity contribution < 1.29 is 4.79 Å². The maximum atomic E-state index is 12.5. The summed E-state index contributed by atoms with van der Waals surface area (Å²) in [7, 11) is 4.09. The average molecular weight is 383 g/mol. The molecule has 1 aromatic heterocycles. The minimum atomic E-state index is -0.0578. The third kappa shape index (κ3) is 5.48. The molecule has 0 saturated heterocycles. The van der Waals surface area contributed by atoms with Crippen molar-refractivity contribution in [3.63, 3.8) is 0 Å². The normalized spacial score (nSPS) is 15.4. The van der Waals surface area contributed by atoms with Gasteiger partial charge in [0.2, 0.25) is 11.9 Å². The second-order valence-electron chi connectivity index (χ2n) is 7.64. The maximum absolute atomic E-state index is 12.5. The lowest BCUT2D eigenvalue weighted by Gasteiger charge is -2.14. The number of hydrogen-bond acceptors (Lipinski definition) is 4. The molecule has 1 fully saturated rings. The number of hydrogen-bond donors (Lipinski definition) is 2. The van der Waals surface area contributed by atoms with Gasteiger partial charge in [-0.15, -0.1) is 0 Å². The third-order valence-electron chi connectivity index (χ3n) is 5.02. The second-order valence-corrected chi connectivity index (χ2v) is 7.64. The van der Waals surface area contributed by atoms with Crippen molar-refractivity contribution in [2.24, 2.45) is 10.9 Å². The van der Waals surface area contributed by atoms with Gasteiger partial charge in [-0.2, -0.15) is 4.99 Å². The molecular weight excluding hydrogens is 352 g/mol. The first-order valence-electron chi connectivity index (χ1n) is 10.0. The molecule has 0 bridgehead atoms. The van der Waals surface area contributed by atoms with Crippen LogP contribution in [0.2, 0.25) is 0 Å². The van der Waals surface area contributed by atoms with E-state index >= 15 is 0 Å². The van der Waals surface area contributed by atoms with Gasteiger partial charge in [0.05, 0.1) is 11.2 Å². The number of nitrogens with one attached hydrogen (secondary N) is 2. The molecule has 0 radical (unpaired) electrons. The molecule has 1 aliphatic rings. The Morgan fingerprint density at radius 3 is 2.71 bits per heavy atom. The number of fused-ring (bicyclic) bond motifs is 1. The van der Waals surface area contributed by atoms with Gasteiger partial charge in [-0.25, -0.2) is 9.97 Å². The highest BCUT2D eigenvalue weighted by Crippen LogP contribution is 2.25. The molecule has 1 aromatic carbocycles. The molecule has 7 heteroatoms. The molecule has 7 nitrogen and oxygen atoms in total. The van der Waals surface area contributed by atoms with E-state index in [4.69, 9.17) is 0 Å². The molecule has 150 valence electrons. The van der Waals surface area contributed by atoms with Crippen LogP contribution in [-0.4, -0.2) is 53.9 Å². The van der Waals surface area contributed by atoms with Crippen LogP contribution in [0.1, 0.15) is 37.8 Å². The summed E-state index contributed by atoms with van der Waals surface area (Å²) in [5.74, 6) is 0.872. The Hall–Kier alpha value is -2.54. The van der Waals surface area contributed by atoms with E-state index in [1.54, 1.807) is 0 Å². The summed E-state index contributed by atoms with van der Waals surface area (Å²) in [4.78, 5) is 28.1. The number of aryl methyl sites for hydroxylation is 1. The molecular formula is C21H30N6O. The summed E-state index contributed by atoms with van der Waals surface area (Å²) >= 11 is 0. The molecule has 0 spiro atoms. The number of carbonyl (C=O) groups is 1. The number of para-hydroxylation sites is 1. The molecule has 0 aliphatic heterocycles. The van der Waals surface area contributed by atoms with Crippen LogP contribution in [-0.2, 0) is 4.79 Å². The topological polar surface area (TPSA) is 82.5 Å². The Bertz CT molecular complexity index is 842. The third-order valence-corrected chi connectivity index (χ3v) is 5.02. The van der Waals surface area contributed by atoms with Crippen LogP contribution >= 0.6 is 0 Å². The summed E-state index contributed by atoms with van der Waals surface area (Å²) in [5.41, 5.74) is 1.76. The van der Waals surface area contributed by atoms with E-state index in [2.05, 4.69) is 30.5 Å². The van der Waals surface area contributed by atoms with E-state index < -0.39 is 0 Å². The van der Waals surface area contributed by atoms with Gasteiger partial charge in [-0.3, -0.25) is 10.1 Å². The quantitative estimate of drug-likeness (QED) is 0.454. The molecule has 1 amide bonds. The maximum Gasteiger partial charge on any atom is 0.251 e. The van der Waals surface area contributed by atoms with Gasteiger partial charge in [0.25, 0.3) is 5.91 Å². The van der Waals surface area contributed by atoms with Gasteiger partial charge in [-0.1, -0.05) is 31.0 Å². The van der Waals surface area contributed by atoms with Crippen molar-refractivity contribution in [3.8, 4) is 0 Å². The van der Waals surface area contributed by atoms with Gasteiger partial charge in [0, 0.05) is 17.8 Å². The fraction of sp³-hybridized carbons (Fsp3) is 0.524. The first kappa shape index (κ1) is 20.2. The zero-order valence-electron chi connectivity index (χ0n) is 17.0. The zero-order valence-corrected chi connectivity index (χ0v) is 17.0. The largest absolute Gasteiger partial charge is 0.356 e. The highest BCUT2D eigenvalue weighted by atomic mass is 16.1. The molecule has 28 heavy (non-hydrogen) atoms. The molecule has 1 aliphatic carbocycles. The van der Waals surface area contributed by atoms with Gasteiger partial charge < -0.3 is 10.2 Å². The number of nitrogens with zero attached hydrogens (tertiary/aromatic N) is 4. The number of anilines is 1. The molecule has 1 heterocycles. The molecule has 2 aromatic rings.